The van der Waals surface area contributed by atoms with E-state index in [9.17, 15) is 0 Å². The number of hydrogen-bond acceptors (Lipinski definition) is 0. The number of rotatable bonds is 5. The van der Waals surface area contributed by atoms with Gasteiger partial charge in [-0.2, -0.15) is 4.57 Å². The van der Waals surface area contributed by atoms with Gasteiger partial charge >= 0.3 is 0 Å². The smallest absolute Gasteiger partial charge is 0.191 e. The van der Waals surface area contributed by atoms with Crippen LogP contribution in [0.5, 0.6) is 0 Å². The van der Waals surface area contributed by atoms with Crippen molar-refractivity contribution in [3.8, 4) is 22.4 Å². The minimum Gasteiger partial charge on any atom is -0.191 e. The number of aromatic nitrogens is 1. The zero-order valence-corrected chi connectivity index (χ0v) is 16.5. The topological polar surface area (TPSA) is 3.88 Å². The van der Waals surface area contributed by atoms with Gasteiger partial charge in [0, 0.05) is 29.2 Å². The van der Waals surface area contributed by atoms with Crippen LogP contribution >= 0.6 is 0 Å². The summed E-state index contributed by atoms with van der Waals surface area (Å²) < 4.78 is 2.47. The first-order valence-electron chi connectivity index (χ1n) is 9.95. The van der Waals surface area contributed by atoms with Crippen LogP contribution in [0.3, 0.4) is 0 Å². The third kappa shape index (κ3) is 3.89. The van der Waals surface area contributed by atoms with E-state index >= 15 is 0 Å². The Hall–Kier alpha value is -3.19. The fourth-order valence-electron chi connectivity index (χ4n) is 3.71. The second kappa shape index (κ2) is 8.22. The SMILES string of the molecule is CC(C)c1cc(-c2ccccc2)cc(-c2ccccc2)[n+]1Cc1ccccc1. The molecule has 0 saturated heterocycles. The maximum atomic E-state index is 2.47. The molecular formula is C27H26N+. The molecule has 0 aliphatic carbocycles. The van der Waals surface area contributed by atoms with Crippen LogP contribution in [0.2, 0.25) is 0 Å². The third-order valence-corrected chi connectivity index (χ3v) is 5.15. The molecule has 1 aromatic heterocycles. The van der Waals surface area contributed by atoms with Crippen LogP contribution in [0.4, 0.5) is 0 Å². The highest BCUT2D eigenvalue weighted by Gasteiger charge is 2.23. The molecule has 1 heteroatoms. The molecule has 0 aliphatic rings. The Balaban J connectivity index is 1.94. The number of nitrogens with zero attached hydrogens (tertiary/aromatic N) is 1. The first-order chi connectivity index (χ1) is 13.7. The van der Waals surface area contributed by atoms with Gasteiger partial charge < -0.3 is 0 Å². The van der Waals surface area contributed by atoms with E-state index in [4.69, 9.17) is 0 Å². The molecule has 1 nitrogen and oxygen atoms in total. The number of benzene rings is 3. The van der Waals surface area contributed by atoms with Crippen LogP contribution in [0.15, 0.2) is 103 Å². The summed E-state index contributed by atoms with van der Waals surface area (Å²) in [7, 11) is 0. The summed E-state index contributed by atoms with van der Waals surface area (Å²) in [6, 6.07) is 36.8. The average Bonchev–Trinajstić information content (AvgIpc) is 2.75. The van der Waals surface area contributed by atoms with Gasteiger partial charge in [0.15, 0.2) is 12.2 Å². The van der Waals surface area contributed by atoms with Crippen molar-refractivity contribution in [2.45, 2.75) is 26.3 Å². The molecule has 138 valence electrons. The lowest BCUT2D eigenvalue weighted by molar-refractivity contribution is -0.686. The first-order valence-corrected chi connectivity index (χ1v) is 9.95. The molecule has 0 fully saturated rings. The molecule has 0 aliphatic heterocycles. The zero-order valence-electron chi connectivity index (χ0n) is 16.5. The van der Waals surface area contributed by atoms with Crippen LogP contribution in [0.25, 0.3) is 22.4 Å². The lowest BCUT2D eigenvalue weighted by Crippen LogP contribution is -2.42. The maximum Gasteiger partial charge on any atom is 0.213 e. The summed E-state index contributed by atoms with van der Waals surface area (Å²) in [6.45, 7) is 5.42. The van der Waals surface area contributed by atoms with Crippen molar-refractivity contribution in [1.82, 2.24) is 0 Å². The lowest BCUT2D eigenvalue weighted by Gasteiger charge is -2.14. The highest BCUT2D eigenvalue weighted by atomic mass is 15.0. The normalized spacial score (nSPS) is 11.0. The lowest BCUT2D eigenvalue weighted by atomic mass is 9.97. The van der Waals surface area contributed by atoms with E-state index < -0.39 is 0 Å². The van der Waals surface area contributed by atoms with Crippen LogP contribution in [0.1, 0.15) is 31.0 Å². The molecule has 1 heterocycles. The minimum absolute atomic E-state index is 0.426. The molecule has 0 atom stereocenters. The molecule has 0 saturated carbocycles. The van der Waals surface area contributed by atoms with Crippen LogP contribution in [-0.2, 0) is 6.54 Å². The van der Waals surface area contributed by atoms with E-state index in [0.717, 1.165) is 6.54 Å². The van der Waals surface area contributed by atoms with Crippen molar-refractivity contribution in [2.75, 3.05) is 0 Å². The van der Waals surface area contributed by atoms with Crippen LogP contribution < -0.4 is 4.57 Å². The van der Waals surface area contributed by atoms with Gasteiger partial charge in [-0.05, 0) is 23.3 Å². The van der Waals surface area contributed by atoms with Gasteiger partial charge in [-0.3, -0.25) is 0 Å². The van der Waals surface area contributed by atoms with Crippen molar-refractivity contribution in [1.29, 1.82) is 0 Å². The van der Waals surface area contributed by atoms with Crippen molar-refractivity contribution in [3.63, 3.8) is 0 Å². The third-order valence-electron chi connectivity index (χ3n) is 5.15. The molecule has 3 aromatic carbocycles. The Morgan fingerprint density at radius 2 is 1.14 bits per heavy atom. The molecule has 4 rings (SSSR count). The van der Waals surface area contributed by atoms with Crippen molar-refractivity contribution < 1.29 is 4.57 Å². The van der Waals surface area contributed by atoms with Crippen molar-refractivity contribution in [3.05, 3.63) is 114 Å². The molecule has 0 bridgehead atoms. The summed E-state index contributed by atoms with van der Waals surface area (Å²) in [5.41, 5.74) is 7.71. The summed E-state index contributed by atoms with van der Waals surface area (Å²) in [5, 5.41) is 0. The summed E-state index contributed by atoms with van der Waals surface area (Å²) >= 11 is 0. The van der Waals surface area contributed by atoms with Gasteiger partial charge in [-0.25, -0.2) is 0 Å². The monoisotopic (exact) mass is 364 g/mol. The maximum absolute atomic E-state index is 2.47. The van der Waals surface area contributed by atoms with E-state index in [1.54, 1.807) is 0 Å². The Bertz CT molecular complexity index is 1040. The zero-order chi connectivity index (χ0) is 19.3. The van der Waals surface area contributed by atoms with E-state index in [1.807, 2.05) is 0 Å². The first kappa shape index (κ1) is 18.2. The molecular weight excluding hydrogens is 338 g/mol. The molecule has 0 radical (unpaired) electrons. The van der Waals surface area contributed by atoms with Gasteiger partial charge in [0.1, 0.15) is 0 Å². The van der Waals surface area contributed by atoms with Gasteiger partial charge in [-0.1, -0.05) is 92.7 Å². The van der Waals surface area contributed by atoms with Gasteiger partial charge in [0.25, 0.3) is 0 Å². The van der Waals surface area contributed by atoms with Crippen LogP contribution in [-0.4, -0.2) is 0 Å². The Morgan fingerprint density at radius 3 is 1.71 bits per heavy atom. The highest BCUT2D eigenvalue weighted by molar-refractivity contribution is 5.69. The molecule has 0 amide bonds. The van der Waals surface area contributed by atoms with E-state index in [0.29, 0.717) is 5.92 Å². The Labute approximate surface area is 167 Å². The van der Waals surface area contributed by atoms with E-state index in [2.05, 4.69) is 122 Å². The Kier molecular flexibility index (Phi) is 5.34. The summed E-state index contributed by atoms with van der Waals surface area (Å²) in [6.07, 6.45) is 0. The molecule has 4 aromatic rings. The van der Waals surface area contributed by atoms with E-state index in [1.165, 1.54) is 33.6 Å². The summed E-state index contributed by atoms with van der Waals surface area (Å²) in [5.74, 6) is 0.426. The Morgan fingerprint density at radius 1 is 0.607 bits per heavy atom. The number of hydrogen-bond donors (Lipinski definition) is 0. The highest BCUT2D eigenvalue weighted by Crippen LogP contribution is 2.27. The van der Waals surface area contributed by atoms with E-state index in [-0.39, 0.29) is 0 Å². The fourth-order valence-corrected chi connectivity index (χ4v) is 3.71. The van der Waals surface area contributed by atoms with Gasteiger partial charge in [0.2, 0.25) is 5.69 Å². The molecule has 28 heavy (non-hydrogen) atoms. The average molecular weight is 365 g/mol. The standard InChI is InChI=1S/C27H26N/c1-21(2)26-18-25(23-14-8-4-9-15-23)19-27(24-16-10-5-11-17-24)28(26)20-22-12-6-3-7-13-22/h3-19,21H,20H2,1-2H3/q+1. The van der Waals surface area contributed by atoms with Gasteiger partial charge in [-0.15, -0.1) is 0 Å². The quantitative estimate of drug-likeness (QED) is 0.357. The minimum atomic E-state index is 0.426. The largest absolute Gasteiger partial charge is 0.213 e. The summed E-state index contributed by atoms with van der Waals surface area (Å²) in [4.78, 5) is 0. The van der Waals surface area contributed by atoms with Crippen LogP contribution in [0, 0.1) is 0 Å². The fraction of sp³-hybridized carbons (Fsp3) is 0.148. The predicted octanol–water partition coefficient (Wildman–Crippen LogP) is 6.48. The molecule has 0 spiro atoms. The van der Waals surface area contributed by atoms with Crippen molar-refractivity contribution in [2.24, 2.45) is 0 Å². The van der Waals surface area contributed by atoms with Gasteiger partial charge in [0.05, 0.1) is 0 Å². The second-order valence-corrected chi connectivity index (χ2v) is 7.51. The number of pyridine rings is 1. The molecule has 0 unspecified atom stereocenters. The second-order valence-electron chi connectivity index (χ2n) is 7.51. The predicted molar refractivity (Wildman–Crippen MR) is 117 cm³/mol. The van der Waals surface area contributed by atoms with Crippen molar-refractivity contribution >= 4 is 0 Å². The molecule has 0 N–H and O–H groups in total.